The second-order valence-electron chi connectivity index (χ2n) is 5.91. The first-order valence-corrected chi connectivity index (χ1v) is 7.80. The fourth-order valence-corrected chi connectivity index (χ4v) is 2.93. The Kier molecular flexibility index (Phi) is 7.55. The average molecular weight is 402 g/mol. The van der Waals surface area contributed by atoms with Gasteiger partial charge in [0.1, 0.15) is 5.69 Å². The topological polar surface area (TPSA) is 93.3 Å². The summed E-state index contributed by atoms with van der Waals surface area (Å²) in [6, 6.07) is 4.77. The molecule has 0 aliphatic carbocycles. The molecule has 2 unspecified atom stereocenters. The molecule has 1 N–H and O–H groups in total. The van der Waals surface area contributed by atoms with Crippen LogP contribution >= 0.6 is 24.8 Å². The lowest BCUT2D eigenvalue weighted by molar-refractivity contribution is -0.384. The van der Waals surface area contributed by atoms with E-state index in [0.29, 0.717) is 24.3 Å². The van der Waals surface area contributed by atoms with E-state index in [0.717, 1.165) is 0 Å². The molecule has 8 nitrogen and oxygen atoms in total. The van der Waals surface area contributed by atoms with Gasteiger partial charge in [0, 0.05) is 49.2 Å². The maximum absolute atomic E-state index is 12.8. The second-order valence-corrected chi connectivity index (χ2v) is 5.91. The summed E-state index contributed by atoms with van der Waals surface area (Å²) < 4.78 is 1.56. The predicted octanol–water partition coefficient (Wildman–Crippen LogP) is 2.45. The van der Waals surface area contributed by atoms with Crippen molar-refractivity contribution >= 4 is 36.4 Å². The first-order chi connectivity index (χ1) is 11.5. The van der Waals surface area contributed by atoms with Crippen molar-refractivity contribution in [3.8, 4) is 5.69 Å². The molecule has 1 amide bonds. The van der Waals surface area contributed by atoms with Gasteiger partial charge in [0.2, 0.25) is 0 Å². The van der Waals surface area contributed by atoms with E-state index in [4.69, 9.17) is 0 Å². The van der Waals surface area contributed by atoms with Crippen LogP contribution in [-0.2, 0) is 0 Å². The minimum atomic E-state index is -0.476. The Bertz CT molecular complexity index is 769. The van der Waals surface area contributed by atoms with Crippen molar-refractivity contribution in [3.63, 3.8) is 0 Å². The minimum absolute atomic E-state index is 0. The smallest absolute Gasteiger partial charge is 0.294 e. The van der Waals surface area contributed by atoms with Gasteiger partial charge in [0.15, 0.2) is 0 Å². The zero-order valence-corrected chi connectivity index (χ0v) is 16.0. The zero-order valence-electron chi connectivity index (χ0n) is 14.4. The monoisotopic (exact) mass is 401 g/mol. The maximum atomic E-state index is 12.8. The number of hydrogen-bond donors (Lipinski definition) is 1. The van der Waals surface area contributed by atoms with E-state index in [1.54, 1.807) is 34.0 Å². The molecular weight excluding hydrogens is 381 g/mol. The summed E-state index contributed by atoms with van der Waals surface area (Å²) in [5.41, 5.74) is 0.594. The van der Waals surface area contributed by atoms with Gasteiger partial charge in [-0.05, 0) is 26.0 Å². The molecule has 10 heteroatoms. The van der Waals surface area contributed by atoms with Gasteiger partial charge in [-0.3, -0.25) is 14.9 Å². The lowest BCUT2D eigenvalue weighted by Crippen LogP contribution is -2.57. The van der Waals surface area contributed by atoms with Gasteiger partial charge in [-0.15, -0.1) is 24.8 Å². The maximum Gasteiger partial charge on any atom is 0.294 e. The Morgan fingerprint density at radius 3 is 2.69 bits per heavy atom. The molecule has 26 heavy (non-hydrogen) atoms. The predicted molar refractivity (Wildman–Crippen MR) is 103 cm³/mol. The minimum Gasteiger partial charge on any atom is -0.333 e. The molecule has 0 spiro atoms. The van der Waals surface area contributed by atoms with Crippen LogP contribution in [0.25, 0.3) is 5.69 Å². The number of hydrogen-bond acceptors (Lipinski definition) is 5. The number of rotatable bonds is 3. The average Bonchev–Trinajstić information content (AvgIpc) is 3.10. The molecule has 1 saturated heterocycles. The van der Waals surface area contributed by atoms with Crippen LogP contribution in [0.1, 0.15) is 24.2 Å². The van der Waals surface area contributed by atoms with Crippen LogP contribution in [0.5, 0.6) is 0 Å². The Hall–Kier alpha value is -2.16. The first-order valence-electron chi connectivity index (χ1n) is 7.80. The number of benzene rings is 1. The van der Waals surface area contributed by atoms with Crippen molar-refractivity contribution in [3.05, 3.63) is 52.6 Å². The van der Waals surface area contributed by atoms with Gasteiger partial charge in [-0.1, -0.05) is 0 Å². The summed E-state index contributed by atoms with van der Waals surface area (Å²) in [6.45, 7) is 5.30. The third kappa shape index (κ3) is 4.14. The molecule has 1 fully saturated rings. The molecule has 0 radical (unpaired) electrons. The molecule has 1 aromatic heterocycles. The van der Waals surface area contributed by atoms with E-state index in [1.165, 1.54) is 12.4 Å². The number of imidazole rings is 1. The highest BCUT2D eigenvalue weighted by Gasteiger charge is 2.30. The SMILES string of the molecule is CC1NCCN(C(=O)c2ccc(-n3ccnc3)c([N+](=O)[O-])c2)C1C.Cl.Cl. The third-order valence-corrected chi connectivity index (χ3v) is 4.50. The molecular formula is C16H21Cl2N5O3. The van der Waals surface area contributed by atoms with Crippen LogP contribution in [0.4, 0.5) is 5.69 Å². The lowest BCUT2D eigenvalue weighted by atomic mass is 10.0. The number of halogens is 2. The highest BCUT2D eigenvalue weighted by Crippen LogP contribution is 2.25. The van der Waals surface area contributed by atoms with Crippen LogP contribution in [0.3, 0.4) is 0 Å². The Balaban J connectivity index is 0.00000169. The van der Waals surface area contributed by atoms with E-state index < -0.39 is 4.92 Å². The summed E-state index contributed by atoms with van der Waals surface area (Å²) in [4.78, 5) is 29.4. The van der Waals surface area contributed by atoms with E-state index in [-0.39, 0.29) is 48.5 Å². The number of aromatic nitrogens is 2. The number of nitro benzene ring substituents is 1. The number of nitro groups is 1. The summed E-state index contributed by atoms with van der Waals surface area (Å²) in [7, 11) is 0. The highest BCUT2D eigenvalue weighted by molar-refractivity contribution is 5.95. The Morgan fingerprint density at radius 2 is 2.08 bits per heavy atom. The number of nitrogens with zero attached hydrogens (tertiary/aromatic N) is 4. The van der Waals surface area contributed by atoms with Gasteiger partial charge < -0.3 is 14.8 Å². The highest BCUT2D eigenvalue weighted by atomic mass is 35.5. The van der Waals surface area contributed by atoms with Crippen molar-refractivity contribution in [1.29, 1.82) is 0 Å². The van der Waals surface area contributed by atoms with Gasteiger partial charge in [-0.25, -0.2) is 4.98 Å². The van der Waals surface area contributed by atoms with Gasteiger partial charge in [0.25, 0.3) is 11.6 Å². The van der Waals surface area contributed by atoms with Crippen molar-refractivity contribution in [1.82, 2.24) is 19.8 Å². The molecule has 2 aromatic rings. The van der Waals surface area contributed by atoms with E-state index in [1.807, 2.05) is 13.8 Å². The standard InChI is InChI=1S/C16H19N5O3.2ClH/c1-11-12(2)20(8-6-18-11)16(22)13-3-4-14(15(9-13)21(23)24)19-7-5-17-10-19;;/h3-5,7,9-12,18H,6,8H2,1-2H3;2*1H. The van der Waals surface area contributed by atoms with E-state index >= 15 is 0 Å². The summed E-state index contributed by atoms with van der Waals surface area (Å²) >= 11 is 0. The fraction of sp³-hybridized carbons (Fsp3) is 0.375. The molecule has 1 aromatic carbocycles. The normalized spacial score (nSPS) is 19.2. The van der Waals surface area contributed by atoms with Crippen LogP contribution in [0.2, 0.25) is 0 Å². The number of piperazine rings is 1. The van der Waals surface area contributed by atoms with Crippen LogP contribution in [0.15, 0.2) is 36.9 Å². The Labute approximate surface area is 163 Å². The van der Waals surface area contributed by atoms with Gasteiger partial charge in [-0.2, -0.15) is 0 Å². The molecule has 142 valence electrons. The Morgan fingerprint density at radius 1 is 1.35 bits per heavy atom. The van der Waals surface area contributed by atoms with Crippen LogP contribution in [0, 0.1) is 10.1 Å². The largest absolute Gasteiger partial charge is 0.333 e. The number of carbonyl (C=O) groups excluding carboxylic acids is 1. The first kappa shape index (κ1) is 21.9. The molecule has 2 atom stereocenters. The third-order valence-electron chi connectivity index (χ3n) is 4.50. The lowest BCUT2D eigenvalue weighted by Gasteiger charge is -2.38. The molecule has 1 aliphatic rings. The summed E-state index contributed by atoms with van der Waals surface area (Å²) in [5, 5.41) is 14.7. The molecule has 2 heterocycles. The van der Waals surface area contributed by atoms with Crippen LogP contribution in [-0.4, -0.2) is 50.5 Å². The van der Waals surface area contributed by atoms with E-state index in [9.17, 15) is 14.9 Å². The molecule has 3 rings (SSSR count). The zero-order chi connectivity index (χ0) is 17.3. The van der Waals surface area contributed by atoms with Crippen LogP contribution < -0.4 is 5.32 Å². The quantitative estimate of drug-likeness (QED) is 0.629. The molecule has 1 aliphatic heterocycles. The van der Waals surface area contributed by atoms with Crippen molar-refractivity contribution in [2.45, 2.75) is 25.9 Å². The number of nitrogens with one attached hydrogen (secondary N) is 1. The summed E-state index contributed by atoms with van der Waals surface area (Å²) in [6.07, 6.45) is 4.67. The van der Waals surface area contributed by atoms with Crippen molar-refractivity contribution < 1.29 is 9.72 Å². The number of amides is 1. The van der Waals surface area contributed by atoms with Gasteiger partial charge in [0.05, 0.1) is 11.3 Å². The number of carbonyl (C=O) groups is 1. The van der Waals surface area contributed by atoms with E-state index in [2.05, 4.69) is 10.3 Å². The molecule has 0 saturated carbocycles. The van der Waals surface area contributed by atoms with Crippen molar-refractivity contribution in [2.75, 3.05) is 13.1 Å². The van der Waals surface area contributed by atoms with Gasteiger partial charge >= 0.3 is 0 Å². The molecule has 0 bridgehead atoms. The second kappa shape index (κ2) is 8.98. The fourth-order valence-electron chi connectivity index (χ4n) is 2.93. The van der Waals surface area contributed by atoms with Crippen molar-refractivity contribution in [2.24, 2.45) is 0 Å². The summed E-state index contributed by atoms with van der Waals surface area (Å²) in [5.74, 6) is -0.184.